The van der Waals surface area contributed by atoms with E-state index in [1.54, 1.807) is 36.4 Å². The molecule has 2 aromatic rings. The van der Waals surface area contributed by atoms with E-state index in [1.165, 1.54) is 11.4 Å². The first kappa shape index (κ1) is 18.1. The Labute approximate surface area is 155 Å². The molecule has 132 valence electrons. The number of hydrogen-bond acceptors (Lipinski definition) is 4. The molecule has 0 aromatic heterocycles. The Balaban J connectivity index is 2.06. The number of ketones is 1. The maximum absolute atomic E-state index is 13.0. The molecule has 0 spiro atoms. The van der Waals surface area contributed by atoms with Gasteiger partial charge >= 0.3 is 0 Å². The summed E-state index contributed by atoms with van der Waals surface area (Å²) in [4.78, 5) is 12.7. The number of carbonyl (C=O) groups is 1. The topological polar surface area (TPSA) is 63.7 Å². The van der Waals surface area contributed by atoms with Gasteiger partial charge in [0.2, 0.25) is 10.0 Å². The molecule has 25 heavy (non-hydrogen) atoms. The Morgan fingerprint density at radius 3 is 2.48 bits per heavy atom. The van der Waals surface area contributed by atoms with Gasteiger partial charge in [0.25, 0.3) is 0 Å². The third-order valence-electron chi connectivity index (χ3n) is 4.28. The van der Waals surface area contributed by atoms with Crippen LogP contribution in [0.15, 0.2) is 45.8 Å². The maximum atomic E-state index is 13.0. The van der Waals surface area contributed by atoms with Gasteiger partial charge in [0.1, 0.15) is 5.75 Å². The van der Waals surface area contributed by atoms with Crippen LogP contribution in [0, 0.1) is 6.92 Å². The molecule has 5 nitrogen and oxygen atoms in total. The first-order chi connectivity index (χ1) is 11.8. The van der Waals surface area contributed by atoms with Gasteiger partial charge < -0.3 is 4.74 Å². The summed E-state index contributed by atoms with van der Waals surface area (Å²) in [6.07, 6.45) is 0.137. The summed E-state index contributed by atoms with van der Waals surface area (Å²) in [6, 6.07) is 10.2. The summed E-state index contributed by atoms with van der Waals surface area (Å²) in [5.74, 6) is 0.417. The Morgan fingerprint density at radius 1 is 1.16 bits per heavy atom. The number of carbonyl (C=O) groups excluding carboxylic acids is 1. The average molecular weight is 424 g/mol. The largest absolute Gasteiger partial charge is 0.496 e. The molecule has 0 atom stereocenters. The van der Waals surface area contributed by atoms with Crippen molar-refractivity contribution >= 4 is 31.7 Å². The van der Waals surface area contributed by atoms with Crippen LogP contribution in [0.1, 0.15) is 27.9 Å². The van der Waals surface area contributed by atoms with Gasteiger partial charge in [0.05, 0.1) is 12.0 Å². The van der Waals surface area contributed by atoms with E-state index in [1.807, 2.05) is 6.92 Å². The molecule has 0 amide bonds. The Bertz CT molecular complexity index is 923. The number of hydrogen-bond donors (Lipinski definition) is 0. The predicted octanol–water partition coefficient (Wildman–Crippen LogP) is 3.54. The monoisotopic (exact) mass is 423 g/mol. The summed E-state index contributed by atoms with van der Waals surface area (Å²) in [5, 5.41) is 0. The lowest BCUT2D eigenvalue weighted by Crippen LogP contribution is -2.31. The lowest BCUT2D eigenvalue weighted by atomic mass is 10.0. The Hall–Kier alpha value is -1.70. The minimum Gasteiger partial charge on any atom is -0.496 e. The molecule has 0 aliphatic carbocycles. The van der Waals surface area contributed by atoms with Crippen molar-refractivity contribution in [3.05, 3.63) is 57.6 Å². The van der Waals surface area contributed by atoms with E-state index in [0.717, 1.165) is 10.0 Å². The molecule has 0 fully saturated rings. The molecule has 0 saturated carbocycles. The third-order valence-corrected chi connectivity index (χ3v) is 6.59. The van der Waals surface area contributed by atoms with Crippen LogP contribution in [-0.2, 0) is 16.6 Å². The number of sulfonamides is 1. The molecule has 0 bridgehead atoms. The molecule has 0 radical (unpaired) electrons. The van der Waals surface area contributed by atoms with Crippen molar-refractivity contribution in [3.8, 4) is 5.75 Å². The molecule has 0 unspecified atom stereocenters. The zero-order valence-corrected chi connectivity index (χ0v) is 16.4. The molecule has 0 N–H and O–H groups in total. The molecular formula is C18H18BrNO4S. The SMILES string of the molecule is COc1cc(Br)cc2c1CN(S(=O)(=O)c1ccc(C)cc1)CCC2=O. The van der Waals surface area contributed by atoms with Crippen LogP contribution in [0.5, 0.6) is 5.75 Å². The maximum Gasteiger partial charge on any atom is 0.243 e. The highest BCUT2D eigenvalue weighted by Gasteiger charge is 2.31. The van der Waals surface area contributed by atoms with Gasteiger partial charge in [-0.2, -0.15) is 4.31 Å². The van der Waals surface area contributed by atoms with Crippen LogP contribution < -0.4 is 4.74 Å². The van der Waals surface area contributed by atoms with Crippen LogP contribution in [-0.4, -0.2) is 32.2 Å². The van der Waals surface area contributed by atoms with Crippen molar-refractivity contribution in [1.29, 1.82) is 0 Å². The average Bonchev–Trinajstić information content (AvgIpc) is 2.74. The second-order valence-corrected chi connectivity index (χ2v) is 8.81. The van der Waals surface area contributed by atoms with Crippen LogP contribution in [0.3, 0.4) is 0 Å². The van der Waals surface area contributed by atoms with Crippen molar-refractivity contribution < 1.29 is 17.9 Å². The van der Waals surface area contributed by atoms with Crippen molar-refractivity contribution in [2.24, 2.45) is 0 Å². The highest BCUT2D eigenvalue weighted by atomic mass is 79.9. The fraction of sp³-hybridized carbons (Fsp3) is 0.278. The van der Waals surface area contributed by atoms with Crippen molar-refractivity contribution in [2.75, 3.05) is 13.7 Å². The lowest BCUT2D eigenvalue weighted by molar-refractivity contribution is 0.0981. The van der Waals surface area contributed by atoms with E-state index in [2.05, 4.69) is 15.9 Å². The fourth-order valence-electron chi connectivity index (χ4n) is 2.89. The van der Waals surface area contributed by atoms with E-state index in [4.69, 9.17) is 4.74 Å². The summed E-state index contributed by atoms with van der Waals surface area (Å²) >= 11 is 3.37. The number of ether oxygens (including phenoxy) is 1. The number of benzene rings is 2. The van der Waals surface area contributed by atoms with Gasteiger partial charge in [-0.1, -0.05) is 33.6 Å². The number of Topliss-reactive ketones (excluding diaryl/α,β-unsaturated/α-hetero) is 1. The minimum absolute atomic E-state index is 0.0868. The van der Waals surface area contributed by atoms with Crippen LogP contribution in [0.4, 0.5) is 0 Å². The van der Waals surface area contributed by atoms with Gasteiger partial charge in [-0.15, -0.1) is 0 Å². The predicted molar refractivity (Wildman–Crippen MR) is 98.4 cm³/mol. The molecular weight excluding hydrogens is 406 g/mol. The van der Waals surface area contributed by atoms with Crippen molar-refractivity contribution in [2.45, 2.75) is 24.8 Å². The van der Waals surface area contributed by atoms with E-state index in [-0.39, 0.29) is 30.2 Å². The van der Waals surface area contributed by atoms with E-state index in [0.29, 0.717) is 16.9 Å². The quantitative estimate of drug-likeness (QED) is 0.756. The highest BCUT2D eigenvalue weighted by Crippen LogP contribution is 2.33. The van der Waals surface area contributed by atoms with Gasteiger partial charge in [-0.25, -0.2) is 8.42 Å². The van der Waals surface area contributed by atoms with E-state index < -0.39 is 10.0 Å². The van der Waals surface area contributed by atoms with Gasteiger partial charge in [0, 0.05) is 35.1 Å². The third kappa shape index (κ3) is 3.49. The van der Waals surface area contributed by atoms with Gasteiger partial charge in [-0.3, -0.25) is 4.79 Å². The van der Waals surface area contributed by atoms with Gasteiger partial charge in [0.15, 0.2) is 5.78 Å². The summed E-state index contributed by atoms with van der Waals surface area (Å²) in [6.45, 7) is 2.15. The molecule has 2 aromatic carbocycles. The number of methoxy groups -OCH3 is 1. The molecule has 7 heteroatoms. The Morgan fingerprint density at radius 2 is 1.84 bits per heavy atom. The lowest BCUT2D eigenvalue weighted by Gasteiger charge is -2.21. The number of nitrogens with zero attached hydrogens (tertiary/aromatic N) is 1. The van der Waals surface area contributed by atoms with Crippen molar-refractivity contribution in [1.82, 2.24) is 4.31 Å². The summed E-state index contributed by atoms with van der Waals surface area (Å²) in [5.41, 5.74) is 2.10. The number of rotatable bonds is 3. The Kier molecular flexibility index (Phi) is 4.99. The van der Waals surface area contributed by atoms with Crippen molar-refractivity contribution in [3.63, 3.8) is 0 Å². The highest BCUT2D eigenvalue weighted by molar-refractivity contribution is 9.10. The number of aryl methyl sites for hydroxylation is 1. The zero-order chi connectivity index (χ0) is 18.2. The first-order valence-corrected chi connectivity index (χ1v) is 10.0. The smallest absolute Gasteiger partial charge is 0.243 e. The second-order valence-electron chi connectivity index (χ2n) is 5.96. The minimum atomic E-state index is -3.69. The van der Waals surface area contributed by atoms with E-state index in [9.17, 15) is 13.2 Å². The zero-order valence-electron chi connectivity index (χ0n) is 14.0. The molecule has 1 aliphatic heterocycles. The molecule has 3 rings (SSSR count). The standard InChI is InChI=1S/C18H18BrNO4S/c1-12-3-5-14(6-4-12)25(22,23)20-8-7-17(21)15-9-13(19)10-18(24-2)16(15)11-20/h3-6,9-10H,7-8,11H2,1-2H3. The second kappa shape index (κ2) is 6.90. The van der Waals surface area contributed by atoms with E-state index >= 15 is 0 Å². The molecule has 0 saturated heterocycles. The summed E-state index contributed by atoms with van der Waals surface area (Å²) in [7, 11) is -2.18. The normalized spacial score (nSPS) is 15.6. The number of fused-ring (bicyclic) bond motifs is 1. The summed E-state index contributed by atoms with van der Waals surface area (Å²) < 4.78 is 33.4. The van der Waals surface area contributed by atoms with Gasteiger partial charge in [-0.05, 0) is 31.2 Å². The molecule has 1 aliphatic rings. The van der Waals surface area contributed by atoms with Crippen LogP contribution in [0.25, 0.3) is 0 Å². The molecule has 1 heterocycles. The fourth-order valence-corrected chi connectivity index (χ4v) is 4.73. The van der Waals surface area contributed by atoms with Crippen LogP contribution >= 0.6 is 15.9 Å². The first-order valence-electron chi connectivity index (χ1n) is 7.79. The number of halogens is 1. The van der Waals surface area contributed by atoms with Crippen LogP contribution in [0.2, 0.25) is 0 Å².